The first kappa shape index (κ1) is 17.2. The molecule has 1 heterocycles. The third-order valence-corrected chi connectivity index (χ3v) is 3.60. The van der Waals surface area contributed by atoms with Crippen molar-refractivity contribution in [1.82, 2.24) is 15.2 Å². The molecule has 0 atom stereocenters. The zero-order valence-corrected chi connectivity index (χ0v) is 14.4. The van der Waals surface area contributed by atoms with Gasteiger partial charge in [0, 0.05) is 11.6 Å². The lowest BCUT2D eigenvalue weighted by atomic mass is 10.2. The molecule has 0 unspecified atom stereocenters. The highest BCUT2D eigenvalue weighted by molar-refractivity contribution is 6.00. The summed E-state index contributed by atoms with van der Waals surface area (Å²) >= 11 is 0. The number of carbonyl (C=O) groups excluding carboxylic acids is 1. The summed E-state index contributed by atoms with van der Waals surface area (Å²) in [5, 5.41) is 9.42. The van der Waals surface area contributed by atoms with Crippen LogP contribution >= 0.6 is 0 Å². The number of methoxy groups -OCH3 is 2. The Kier molecular flexibility index (Phi) is 5.28. The average molecular weight is 350 g/mol. The molecule has 3 aromatic rings. The molecule has 3 rings (SSSR count). The van der Waals surface area contributed by atoms with Crippen molar-refractivity contribution in [1.29, 1.82) is 0 Å². The minimum atomic E-state index is -0.313. The summed E-state index contributed by atoms with van der Waals surface area (Å²) in [6, 6.07) is 14.9. The van der Waals surface area contributed by atoms with E-state index in [1.165, 1.54) is 6.08 Å². The number of nitrogens with one attached hydrogen (secondary N) is 2. The maximum atomic E-state index is 12.0. The summed E-state index contributed by atoms with van der Waals surface area (Å²) in [6.45, 7) is 0. The van der Waals surface area contributed by atoms with Gasteiger partial charge in [-0.1, -0.05) is 30.3 Å². The lowest BCUT2D eigenvalue weighted by molar-refractivity contribution is -0.111. The van der Waals surface area contributed by atoms with Gasteiger partial charge >= 0.3 is 0 Å². The van der Waals surface area contributed by atoms with E-state index in [9.17, 15) is 4.79 Å². The van der Waals surface area contributed by atoms with E-state index < -0.39 is 0 Å². The first-order valence-electron chi connectivity index (χ1n) is 7.88. The summed E-state index contributed by atoms with van der Waals surface area (Å²) in [6.07, 6.45) is 3.15. The topological polar surface area (TPSA) is 89.1 Å². The van der Waals surface area contributed by atoms with Crippen LogP contribution < -0.4 is 14.8 Å². The second kappa shape index (κ2) is 7.98. The standard InChI is InChI=1S/C19H18N4O3/c1-25-15-10-9-14(12-16(15)26-2)18-21-19(23-22-18)20-17(24)11-8-13-6-4-3-5-7-13/h3-12H,1-2H3,(H2,20,21,22,23,24)/b11-8+. The predicted octanol–water partition coefficient (Wildman–Crippen LogP) is 3.14. The van der Waals surface area contributed by atoms with E-state index in [2.05, 4.69) is 20.5 Å². The van der Waals surface area contributed by atoms with Gasteiger partial charge in [0.15, 0.2) is 17.3 Å². The summed E-state index contributed by atoms with van der Waals surface area (Å²) in [5.41, 5.74) is 1.69. The first-order chi connectivity index (χ1) is 12.7. The zero-order valence-electron chi connectivity index (χ0n) is 14.4. The van der Waals surface area contributed by atoms with Gasteiger partial charge in [0.05, 0.1) is 14.2 Å². The Morgan fingerprint density at radius 2 is 1.85 bits per heavy atom. The smallest absolute Gasteiger partial charge is 0.250 e. The van der Waals surface area contributed by atoms with Gasteiger partial charge in [0.1, 0.15) is 0 Å². The molecule has 0 radical (unpaired) electrons. The average Bonchev–Trinajstić information content (AvgIpc) is 3.15. The van der Waals surface area contributed by atoms with E-state index >= 15 is 0 Å². The van der Waals surface area contributed by atoms with Gasteiger partial charge in [-0.15, -0.1) is 5.10 Å². The van der Waals surface area contributed by atoms with Crippen LogP contribution in [0.3, 0.4) is 0 Å². The maximum Gasteiger partial charge on any atom is 0.250 e. The molecule has 0 bridgehead atoms. The number of nitrogens with zero attached hydrogens (tertiary/aromatic N) is 2. The Labute approximate surface area is 150 Å². The molecule has 1 aromatic heterocycles. The summed E-state index contributed by atoms with van der Waals surface area (Å²) < 4.78 is 10.5. The van der Waals surface area contributed by atoms with Crippen LogP contribution in [0.4, 0.5) is 5.95 Å². The SMILES string of the molecule is COc1ccc(-c2nc(NC(=O)/C=C/c3ccccc3)n[nH]2)cc1OC. The number of rotatable bonds is 6. The molecule has 0 aliphatic rings. The van der Waals surface area contributed by atoms with Gasteiger partial charge in [-0.3, -0.25) is 15.2 Å². The second-order valence-corrected chi connectivity index (χ2v) is 5.31. The second-order valence-electron chi connectivity index (χ2n) is 5.31. The minimum absolute atomic E-state index is 0.192. The third-order valence-electron chi connectivity index (χ3n) is 3.60. The molecule has 1 amide bonds. The first-order valence-corrected chi connectivity index (χ1v) is 7.88. The number of ether oxygens (including phenoxy) is 2. The molecule has 0 saturated heterocycles. The lowest BCUT2D eigenvalue weighted by Gasteiger charge is -2.07. The largest absolute Gasteiger partial charge is 0.493 e. The molecule has 0 saturated carbocycles. The van der Waals surface area contributed by atoms with E-state index in [0.717, 1.165) is 11.1 Å². The minimum Gasteiger partial charge on any atom is -0.493 e. The van der Waals surface area contributed by atoms with Crippen molar-refractivity contribution < 1.29 is 14.3 Å². The molecule has 0 spiro atoms. The van der Waals surface area contributed by atoms with Crippen LogP contribution in [-0.4, -0.2) is 35.3 Å². The highest BCUT2D eigenvalue weighted by Gasteiger charge is 2.11. The Morgan fingerprint density at radius 1 is 1.08 bits per heavy atom. The van der Waals surface area contributed by atoms with Gasteiger partial charge in [-0.2, -0.15) is 4.98 Å². The van der Waals surface area contributed by atoms with Gasteiger partial charge in [0.2, 0.25) is 5.95 Å². The fraction of sp³-hybridized carbons (Fsp3) is 0.105. The summed E-state index contributed by atoms with van der Waals surface area (Å²) in [7, 11) is 3.13. The van der Waals surface area contributed by atoms with E-state index in [-0.39, 0.29) is 11.9 Å². The van der Waals surface area contributed by atoms with Crippen molar-refractivity contribution in [2.45, 2.75) is 0 Å². The normalized spacial score (nSPS) is 10.7. The molecule has 132 valence electrons. The zero-order chi connectivity index (χ0) is 18.4. The number of amides is 1. The summed E-state index contributed by atoms with van der Waals surface area (Å²) in [5.74, 6) is 1.59. The van der Waals surface area contributed by atoms with E-state index in [0.29, 0.717) is 17.3 Å². The van der Waals surface area contributed by atoms with E-state index in [1.807, 2.05) is 36.4 Å². The van der Waals surface area contributed by atoms with Crippen LogP contribution in [0.15, 0.2) is 54.6 Å². The molecular weight excluding hydrogens is 332 g/mol. The molecule has 7 nitrogen and oxygen atoms in total. The van der Waals surface area contributed by atoms with Crippen molar-refractivity contribution >= 4 is 17.9 Å². The molecular formula is C19H18N4O3. The van der Waals surface area contributed by atoms with Crippen LogP contribution in [0.1, 0.15) is 5.56 Å². The Hall–Kier alpha value is -3.61. The number of hydrogen-bond donors (Lipinski definition) is 2. The van der Waals surface area contributed by atoms with Crippen LogP contribution in [0, 0.1) is 0 Å². The molecule has 0 fully saturated rings. The van der Waals surface area contributed by atoms with E-state index in [4.69, 9.17) is 9.47 Å². The number of benzene rings is 2. The lowest BCUT2D eigenvalue weighted by Crippen LogP contribution is -2.09. The number of hydrogen-bond acceptors (Lipinski definition) is 5. The molecule has 7 heteroatoms. The van der Waals surface area contributed by atoms with Gasteiger partial charge in [-0.25, -0.2) is 0 Å². The molecule has 0 aliphatic carbocycles. The number of H-pyrrole nitrogens is 1. The highest BCUT2D eigenvalue weighted by atomic mass is 16.5. The Balaban J connectivity index is 1.70. The van der Waals surface area contributed by atoms with Crippen molar-refractivity contribution in [3.63, 3.8) is 0 Å². The molecule has 0 aliphatic heterocycles. The number of carbonyl (C=O) groups is 1. The monoisotopic (exact) mass is 350 g/mol. The Bertz CT molecular complexity index is 920. The van der Waals surface area contributed by atoms with Crippen LogP contribution in [0.5, 0.6) is 11.5 Å². The van der Waals surface area contributed by atoms with Crippen LogP contribution in [-0.2, 0) is 4.79 Å². The molecule has 2 aromatic carbocycles. The van der Waals surface area contributed by atoms with Crippen molar-refractivity contribution in [2.24, 2.45) is 0 Å². The van der Waals surface area contributed by atoms with E-state index in [1.54, 1.807) is 32.4 Å². The van der Waals surface area contributed by atoms with Gasteiger partial charge < -0.3 is 9.47 Å². The fourth-order valence-corrected chi connectivity index (χ4v) is 2.32. The molecule has 26 heavy (non-hydrogen) atoms. The van der Waals surface area contributed by atoms with Crippen LogP contribution in [0.2, 0.25) is 0 Å². The highest BCUT2D eigenvalue weighted by Crippen LogP contribution is 2.31. The van der Waals surface area contributed by atoms with Gasteiger partial charge in [0.25, 0.3) is 5.91 Å². The van der Waals surface area contributed by atoms with Crippen LogP contribution in [0.25, 0.3) is 17.5 Å². The number of anilines is 1. The fourth-order valence-electron chi connectivity index (χ4n) is 2.32. The number of aromatic nitrogens is 3. The quantitative estimate of drug-likeness (QED) is 0.667. The summed E-state index contributed by atoms with van der Waals surface area (Å²) in [4.78, 5) is 16.3. The van der Waals surface area contributed by atoms with Gasteiger partial charge in [-0.05, 0) is 29.8 Å². The predicted molar refractivity (Wildman–Crippen MR) is 99.0 cm³/mol. The van der Waals surface area contributed by atoms with Crippen molar-refractivity contribution in [2.75, 3.05) is 19.5 Å². The third kappa shape index (κ3) is 4.07. The Morgan fingerprint density at radius 3 is 2.58 bits per heavy atom. The van der Waals surface area contributed by atoms with Crippen molar-refractivity contribution in [3.8, 4) is 22.9 Å². The van der Waals surface area contributed by atoms with Crippen molar-refractivity contribution in [3.05, 3.63) is 60.2 Å². The maximum absolute atomic E-state index is 12.0. The molecule has 2 N–H and O–H groups in total. The number of aromatic amines is 1.